The number of rotatable bonds is 6. The van der Waals surface area contributed by atoms with Crippen LogP contribution in [0.5, 0.6) is 5.75 Å². The molecule has 0 spiro atoms. The summed E-state index contributed by atoms with van der Waals surface area (Å²) < 4.78 is 7.31. The normalized spacial score (nSPS) is 18.7. The third kappa shape index (κ3) is 5.33. The molecule has 2 N–H and O–H groups in total. The number of carbonyl (C=O) groups excluding carboxylic acids is 1. The van der Waals surface area contributed by atoms with Crippen LogP contribution in [0.25, 0.3) is 5.69 Å². The van der Waals surface area contributed by atoms with Crippen LogP contribution in [0.4, 0.5) is 11.4 Å². The molecule has 31 heavy (non-hydrogen) atoms. The highest BCUT2D eigenvalue weighted by molar-refractivity contribution is 7.99. The number of thioether (sulfide) groups is 1. The Balaban J connectivity index is 1.33. The smallest absolute Gasteiger partial charge is 0.234 e. The van der Waals surface area contributed by atoms with E-state index in [1.165, 1.54) is 16.4 Å². The molecular formula is C21H24N6O3S. The van der Waals surface area contributed by atoms with E-state index < -0.39 is 0 Å². The fraction of sp³-hybridized carbons (Fsp3) is 0.333. The number of tetrazole rings is 1. The van der Waals surface area contributed by atoms with Gasteiger partial charge in [0.25, 0.3) is 0 Å². The molecule has 1 aliphatic heterocycles. The minimum absolute atomic E-state index is 0.147. The first-order valence-electron chi connectivity index (χ1n) is 9.99. The van der Waals surface area contributed by atoms with Crippen molar-refractivity contribution in [1.29, 1.82) is 0 Å². The maximum Gasteiger partial charge on any atom is 0.234 e. The van der Waals surface area contributed by atoms with E-state index in [0.717, 1.165) is 24.5 Å². The van der Waals surface area contributed by atoms with Crippen LogP contribution in [-0.4, -0.2) is 62.3 Å². The number of nitrogens with one attached hydrogen (secondary N) is 1. The van der Waals surface area contributed by atoms with Gasteiger partial charge in [-0.3, -0.25) is 4.79 Å². The van der Waals surface area contributed by atoms with Crippen LogP contribution in [0.2, 0.25) is 0 Å². The van der Waals surface area contributed by atoms with Gasteiger partial charge in [-0.05, 0) is 72.8 Å². The zero-order chi connectivity index (χ0) is 21.8. The first-order chi connectivity index (χ1) is 15.0. The summed E-state index contributed by atoms with van der Waals surface area (Å²) in [7, 11) is 0. The van der Waals surface area contributed by atoms with Crippen molar-refractivity contribution in [1.82, 2.24) is 20.2 Å². The van der Waals surface area contributed by atoms with Gasteiger partial charge >= 0.3 is 0 Å². The lowest BCUT2D eigenvalue weighted by Gasteiger charge is -2.36. The van der Waals surface area contributed by atoms with E-state index in [-0.39, 0.29) is 29.6 Å². The fourth-order valence-corrected chi connectivity index (χ4v) is 4.19. The molecule has 1 aliphatic rings. The molecule has 1 aromatic heterocycles. The molecule has 2 aromatic carbocycles. The molecule has 1 amide bonds. The van der Waals surface area contributed by atoms with Crippen LogP contribution in [0.1, 0.15) is 13.8 Å². The van der Waals surface area contributed by atoms with Gasteiger partial charge in [0.05, 0.1) is 23.6 Å². The standard InChI is InChI=1S/C21H24N6O3S/c1-14-11-26(12-15(2)30-14)17-5-3-16(4-6-17)22-20(29)13-31-21-23-24-25-27(21)18-7-9-19(28)10-8-18/h3-10,14-15,28H,11-13H2,1-2H3,(H,22,29). The summed E-state index contributed by atoms with van der Waals surface area (Å²) in [5.74, 6) is 0.180. The number of aromatic nitrogens is 4. The van der Waals surface area contributed by atoms with Gasteiger partial charge in [-0.15, -0.1) is 5.10 Å². The summed E-state index contributed by atoms with van der Waals surface area (Å²) in [6.45, 7) is 5.85. The molecule has 2 unspecified atom stereocenters. The number of aromatic hydroxyl groups is 1. The van der Waals surface area contributed by atoms with E-state index >= 15 is 0 Å². The summed E-state index contributed by atoms with van der Waals surface area (Å²) >= 11 is 1.24. The van der Waals surface area contributed by atoms with Crippen LogP contribution >= 0.6 is 11.8 Å². The van der Waals surface area contributed by atoms with Crippen LogP contribution < -0.4 is 10.2 Å². The predicted molar refractivity (Wildman–Crippen MR) is 119 cm³/mol. The zero-order valence-corrected chi connectivity index (χ0v) is 18.1. The number of hydrogen-bond acceptors (Lipinski definition) is 8. The van der Waals surface area contributed by atoms with Crippen LogP contribution in [0.3, 0.4) is 0 Å². The predicted octanol–water partition coefficient (Wildman–Crippen LogP) is 2.71. The summed E-state index contributed by atoms with van der Waals surface area (Å²) in [6, 6.07) is 14.4. The summed E-state index contributed by atoms with van der Waals surface area (Å²) in [6.07, 6.45) is 0.386. The molecule has 1 saturated heterocycles. The lowest BCUT2D eigenvalue weighted by molar-refractivity contribution is -0.113. The van der Waals surface area contributed by atoms with Gasteiger partial charge in [0.2, 0.25) is 11.1 Å². The topological polar surface area (TPSA) is 105 Å². The number of nitrogens with zero attached hydrogens (tertiary/aromatic N) is 5. The maximum atomic E-state index is 12.4. The number of ether oxygens (including phenoxy) is 1. The van der Waals surface area contributed by atoms with Gasteiger partial charge in [0.15, 0.2) is 0 Å². The Hall–Kier alpha value is -3.11. The molecule has 2 heterocycles. The average molecular weight is 441 g/mol. The van der Waals surface area contributed by atoms with Crippen molar-refractivity contribution in [2.45, 2.75) is 31.2 Å². The summed E-state index contributed by atoms with van der Waals surface area (Å²) in [5, 5.41) is 24.4. The molecular weight excluding hydrogens is 416 g/mol. The fourth-order valence-electron chi connectivity index (χ4n) is 3.50. The Kier molecular flexibility index (Phi) is 6.38. The van der Waals surface area contributed by atoms with E-state index in [4.69, 9.17) is 4.74 Å². The molecule has 2 atom stereocenters. The number of phenols is 1. The molecule has 4 rings (SSSR count). The second-order valence-electron chi connectivity index (χ2n) is 7.44. The molecule has 0 saturated carbocycles. The summed E-state index contributed by atoms with van der Waals surface area (Å²) in [5.41, 5.74) is 2.55. The molecule has 9 nitrogen and oxygen atoms in total. The van der Waals surface area contributed by atoms with Gasteiger partial charge in [0, 0.05) is 24.5 Å². The van der Waals surface area contributed by atoms with Crippen LogP contribution in [0, 0.1) is 0 Å². The third-order valence-corrected chi connectivity index (χ3v) is 5.72. The number of carbonyl (C=O) groups is 1. The first-order valence-corrected chi connectivity index (χ1v) is 11.0. The van der Waals surface area contributed by atoms with Gasteiger partial charge in [-0.25, -0.2) is 0 Å². The Morgan fingerprint density at radius 3 is 2.42 bits per heavy atom. The Morgan fingerprint density at radius 2 is 1.74 bits per heavy atom. The van der Waals surface area contributed by atoms with Crippen molar-refractivity contribution in [3.63, 3.8) is 0 Å². The van der Waals surface area contributed by atoms with Crippen molar-refractivity contribution >= 4 is 29.0 Å². The lowest BCUT2D eigenvalue weighted by Crippen LogP contribution is -2.45. The van der Waals surface area contributed by atoms with Crippen LogP contribution in [0.15, 0.2) is 53.7 Å². The molecule has 162 valence electrons. The van der Waals surface area contributed by atoms with E-state index in [1.807, 2.05) is 24.3 Å². The molecule has 0 radical (unpaired) electrons. The number of benzene rings is 2. The highest BCUT2D eigenvalue weighted by atomic mass is 32.2. The molecule has 0 bridgehead atoms. The second kappa shape index (κ2) is 9.36. The number of morpholine rings is 1. The first kappa shape index (κ1) is 21.1. The van der Waals surface area contributed by atoms with Crippen molar-refractivity contribution in [3.05, 3.63) is 48.5 Å². The van der Waals surface area contributed by atoms with Crippen LogP contribution in [-0.2, 0) is 9.53 Å². The summed E-state index contributed by atoms with van der Waals surface area (Å²) in [4.78, 5) is 14.7. The monoisotopic (exact) mass is 440 g/mol. The highest BCUT2D eigenvalue weighted by Gasteiger charge is 2.22. The van der Waals surface area contributed by atoms with E-state index in [2.05, 4.69) is 39.6 Å². The molecule has 10 heteroatoms. The lowest BCUT2D eigenvalue weighted by atomic mass is 10.2. The van der Waals surface area contributed by atoms with Gasteiger partial charge < -0.3 is 20.1 Å². The average Bonchev–Trinajstić information content (AvgIpc) is 3.21. The quantitative estimate of drug-likeness (QED) is 0.564. The second-order valence-corrected chi connectivity index (χ2v) is 8.38. The van der Waals surface area contributed by atoms with E-state index in [9.17, 15) is 9.90 Å². The minimum atomic E-state index is -0.147. The highest BCUT2D eigenvalue weighted by Crippen LogP contribution is 2.23. The number of amides is 1. The van der Waals surface area contributed by atoms with Crippen molar-refractivity contribution in [3.8, 4) is 11.4 Å². The zero-order valence-electron chi connectivity index (χ0n) is 17.3. The van der Waals surface area contributed by atoms with Gasteiger partial charge in [-0.1, -0.05) is 11.8 Å². The number of hydrogen-bond donors (Lipinski definition) is 2. The van der Waals surface area contributed by atoms with Gasteiger partial charge in [0.1, 0.15) is 5.75 Å². The molecule has 0 aliphatic carbocycles. The van der Waals surface area contributed by atoms with Crippen molar-refractivity contribution < 1.29 is 14.6 Å². The Bertz CT molecular complexity index is 1010. The van der Waals surface area contributed by atoms with Gasteiger partial charge in [-0.2, -0.15) is 4.68 Å². The van der Waals surface area contributed by atoms with E-state index in [1.54, 1.807) is 24.3 Å². The SMILES string of the molecule is CC1CN(c2ccc(NC(=O)CSc3nnnn3-c3ccc(O)cc3)cc2)CC(C)O1. The third-order valence-electron chi connectivity index (χ3n) is 4.80. The van der Waals surface area contributed by atoms with Crippen molar-refractivity contribution in [2.24, 2.45) is 0 Å². The molecule has 1 fully saturated rings. The maximum absolute atomic E-state index is 12.4. The molecule has 3 aromatic rings. The van der Waals surface area contributed by atoms with E-state index in [0.29, 0.717) is 10.8 Å². The largest absolute Gasteiger partial charge is 0.508 e. The van der Waals surface area contributed by atoms with Crippen molar-refractivity contribution in [2.75, 3.05) is 29.1 Å². The number of phenolic OH excluding ortho intramolecular Hbond substituents is 1. The Morgan fingerprint density at radius 1 is 1.10 bits per heavy atom. The number of anilines is 2. The minimum Gasteiger partial charge on any atom is -0.508 e. The Labute approximate surface area is 184 Å².